The van der Waals surface area contributed by atoms with E-state index in [0.717, 1.165) is 12.8 Å². The molecule has 0 atom stereocenters. The molecule has 0 N–H and O–H groups in total. The SMILES string of the molecule is C=CCCCCS(=O)(=O)OC. The Bertz CT molecular complexity index is 194. The van der Waals surface area contributed by atoms with Gasteiger partial charge in [0.25, 0.3) is 10.1 Å². The molecule has 0 unspecified atom stereocenters. The average molecular weight is 178 g/mol. The molecule has 0 aromatic rings. The molecule has 0 aliphatic heterocycles. The highest BCUT2D eigenvalue weighted by atomic mass is 32.2. The molecule has 0 aromatic heterocycles. The van der Waals surface area contributed by atoms with Crippen molar-refractivity contribution in [3.05, 3.63) is 12.7 Å². The minimum Gasteiger partial charge on any atom is -0.273 e. The van der Waals surface area contributed by atoms with Gasteiger partial charge in [0.15, 0.2) is 0 Å². The molecule has 0 saturated heterocycles. The molecule has 0 heterocycles. The molecule has 0 amide bonds. The van der Waals surface area contributed by atoms with Crippen molar-refractivity contribution in [3.63, 3.8) is 0 Å². The van der Waals surface area contributed by atoms with Gasteiger partial charge in [0.05, 0.1) is 12.9 Å². The molecule has 0 aromatic carbocycles. The molecule has 0 aliphatic rings. The number of unbranched alkanes of at least 4 members (excludes halogenated alkanes) is 2. The normalized spacial score (nSPS) is 11.4. The Morgan fingerprint density at radius 1 is 1.45 bits per heavy atom. The van der Waals surface area contributed by atoms with Gasteiger partial charge in [-0.05, 0) is 19.3 Å². The maximum absolute atomic E-state index is 10.7. The Hall–Kier alpha value is -0.350. The Labute approximate surface area is 68.2 Å². The lowest BCUT2D eigenvalue weighted by atomic mass is 10.2. The number of hydrogen-bond acceptors (Lipinski definition) is 3. The van der Waals surface area contributed by atoms with Crippen LogP contribution in [0, 0.1) is 0 Å². The molecule has 0 radical (unpaired) electrons. The Kier molecular flexibility index (Phi) is 5.15. The van der Waals surface area contributed by atoms with Crippen LogP contribution in [0.25, 0.3) is 0 Å². The van der Waals surface area contributed by atoms with Crippen LogP contribution in [0.5, 0.6) is 0 Å². The van der Waals surface area contributed by atoms with E-state index in [1.165, 1.54) is 7.11 Å². The zero-order valence-electron chi connectivity index (χ0n) is 6.75. The molecule has 0 aliphatic carbocycles. The number of hydrogen-bond donors (Lipinski definition) is 0. The molecular weight excluding hydrogens is 164 g/mol. The van der Waals surface area contributed by atoms with Gasteiger partial charge >= 0.3 is 0 Å². The van der Waals surface area contributed by atoms with Crippen molar-refractivity contribution in [1.29, 1.82) is 0 Å². The van der Waals surface area contributed by atoms with E-state index < -0.39 is 10.1 Å². The fraction of sp³-hybridized carbons (Fsp3) is 0.714. The monoisotopic (exact) mass is 178 g/mol. The molecular formula is C7H14O3S. The van der Waals surface area contributed by atoms with E-state index in [1.54, 1.807) is 6.08 Å². The Morgan fingerprint density at radius 2 is 2.09 bits per heavy atom. The highest BCUT2D eigenvalue weighted by Gasteiger charge is 2.06. The van der Waals surface area contributed by atoms with E-state index >= 15 is 0 Å². The Balaban J connectivity index is 3.46. The summed E-state index contributed by atoms with van der Waals surface area (Å²) in [6.45, 7) is 3.53. The van der Waals surface area contributed by atoms with E-state index in [1.807, 2.05) is 0 Å². The number of allylic oxidation sites excluding steroid dienone is 1. The van der Waals surface area contributed by atoms with Gasteiger partial charge in [-0.15, -0.1) is 6.58 Å². The average Bonchev–Trinajstić information content (AvgIpc) is 1.99. The summed E-state index contributed by atoms with van der Waals surface area (Å²) in [7, 11) is -2.05. The largest absolute Gasteiger partial charge is 0.273 e. The van der Waals surface area contributed by atoms with Crippen LogP contribution in [0.4, 0.5) is 0 Å². The van der Waals surface area contributed by atoms with Crippen LogP contribution >= 0.6 is 0 Å². The third-order valence-corrected chi connectivity index (χ3v) is 2.60. The first-order valence-corrected chi connectivity index (χ1v) is 5.09. The van der Waals surface area contributed by atoms with Gasteiger partial charge in [-0.3, -0.25) is 4.18 Å². The van der Waals surface area contributed by atoms with Gasteiger partial charge in [-0.25, -0.2) is 0 Å². The van der Waals surface area contributed by atoms with Crippen molar-refractivity contribution in [3.8, 4) is 0 Å². The zero-order valence-corrected chi connectivity index (χ0v) is 7.56. The van der Waals surface area contributed by atoms with E-state index in [9.17, 15) is 8.42 Å². The van der Waals surface area contributed by atoms with E-state index in [2.05, 4.69) is 10.8 Å². The Morgan fingerprint density at radius 3 is 2.55 bits per heavy atom. The third-order valence-electron chi connectivity index (χ3n) is 1.31. The second-order valence-corrected chi connectivity index (χ2v) is 4.07. The predicted octanol–water partition coefficient (Wildman–Crippen LogP) is 1.32. The summed E-state index contributed by atoms with van der Waals surface area (Å²) >= 11 is 0. The maximum Gasteiger partial charge on any atom is 0.267 e. The first kappa shape index (κ1) is 10.7. The molecule has 0 spiro atoms. The van der Waals surface area contributed by atoms with Crippen molar-refractivity contribution in [2.24, 2.45) is 0 Å². The summed E-state index contributed by atoms with van der Waals surface area (Å²) in [6.07, 6.45) is 4.13. The zero-order chi connectivity index (χ0) is 8.74. The summed E-state index contributed by atoms with van der Waals surface area (Å²) in [5.41, 5.74) is 0. The molecule has 0 bridgehead atoms. The second-order valence-electron chi connectivity index (χ2n) is 2.21. The van der Waals surface area contributed by atoms with Crippen LogP contribution < -0.4 is 0 Å². The van der Waals surface area contributed by atoms with Gasteiger partial charge in [0.2, 0.25) is 0 Å². The highest BCUT2D eigenvalue weighted by Crippen LogP contribution is 2.00. The maximum atomic E-state index is 10.7. The quantitative estimate of drug-likeness (QED) is 0.350. The summed E-state index contributed by atoms with van der Waals surface area (Å²) in [4.78, 5) is 0. The van der Waals surface area contributed by atoms with E-state index in [4.69, 9.17) is 0 Å². The van der Waals surface area contributed by atoms with Crippen LogP contribution in [0.1, 0.15) is 19.3 Å². The van der Waals surface area contributed by atoms with Crippen LogP contribution in [-0.2, 0) is 14.3 Å². The topological polar surface area (TPSA) is 43.4 Å². The molecule has 66 valence electrons. The van der Waals surface area contributed by atoms with Gasteiger partial charge in [-0.2, -0.15) is 8.42 Å². The van der Waals surface area contributed by atoms with Gasteiger partial charge in [0, 0.05) is 0 Å². The molecule has 0 saturated carbocycles. The molecule has 4 heteroatoms. The summed E-state index contributed by atoms with van der Waals surface area (Å²) in [5, 5.41) is 0. The van der Waals surface area contributed by atoms with Crippen LogP contribution in [-0.4, -0.2) is 21.3 Å². The second kappa shape index (κ2) is 5.32. The summed E-state index contributed by atoms with van der Waals surface area (Å²) < 4.78 is 25.7. The first-order valence-electron chi connectivity index (χ1n) is 3.51. The van der Waals surface area contributed by atoms with Crippen LogP contribution in [0.2, 0.25) is 0 Å². The van der Waals surface area contributed by atoms with E-state index in [0.29, 0.717) is 6.42 Å². The van der Waals surface area contributed by atoms with E-state index in [-0.39, 0.29) is 5.75 Å². The van der Waals surface area contributed by atoms with Crippen LogP contribution in [0.3, 0.4) is 0 Å². The molecule has 3 nitrogen and oxygen atoms in total. The standard InChI is InChI=1S/C7H14O3S/c1-3-4-5-6-7-11(8,9)10-2/h3H,1,4-7H2,2H3. The molecule has 0 fully saturated rings. The van der Waals surface area contributed by atoms with Crippen molar-refractivity contribution in [1.82, 2.24) is 0 Å². The number of rotatable bonds is 6. The van der Waals surface area contributed by atoms with Crippen molar-refractivity contribution in [2.45, 2.75) is 19.3 Å². The smallest absolute Gasteiger partial charge is 0.267 e. The fourth-order valence-electron chi connectivity index (χ4n) is 0.651. The van der Waals surface area contributed by atoms with Crippen molar-refractivity contribution in [2.75, 3.05) is 12.9 Å². The van der Waals surface area contributed by atoms with Crippen molar-refractivity contribution < 1.29 is 12.6 Å². The third kappa shape index (κ3) is 6.06. The predicted molar refractivity (Wildman–Crippen MR) is 44.8 cm³/mol. The lowest BCUT2D eigenvalue weighted by Gasteiger charge is -1.98. The van der Waals surface area contributed by atoms with Gasteiger partial charge in [0.1, 0.15) is 0 Å². The minimum absolute atomic E-state index is 0.108. The fourth-order valence-corrected chi connectivity index (χ4v) is 1.38. The van der Waals surface area contributed by atoms with Crippen LogP contribution in [0.15, 0.2) is 12.7 Å². The molecule has 11 heavy (non-hydrogen) atoms. The van der Waals surface area contributed by atoms with Crippen molar-refractivity contribution >= 4 is 10.1 Å². The summed E-state index contributed by atoms with van der Waals surface area (Å²) in [6, 6.07) is 0. The van der Waals surface area contributed by atoms with Gasteiger partial charge in [-0.1, -0.05) is 6.08 Å². The lowest BCUT2D eigenvalue weighted by Crippen LogP contribution is -2.07. The first-order chi connectivity index (χ1) is 5.12. The highest BCUT2D eigenvalue weighted by molar-refractivity contribution is 7.86. The minimum atomic E-state index is -3.23. The van der Waals surface area contributed by atoms with Gasteiger partial charge < -0.3 is 0 Å². The molecule has 0 rings (SSSR count). The summed E-state index contributed by atoms with van der Waals surface area (Å²) in [5.74, 6) is 0.108. The lowest BCUT2D eigenvalue weighted by molar-refractivity contribution is 0.396.